The summed E-state index contributed by atoms with van der Waals surface area (Å²) in [5.41, 5.74) is 1.29. The molecule has 0 atom stereocenters. The van der Waals surface area contributed by atoms with Crippen molar-refractivity contribution in [2.75, 3.05) is 31.2 Å². The minimum atomic E-state index is -3.91. The minimum absolute atomic E-state index is 0.129. The Morgan fingerprint density at radius 2 is 1.78 bits per heavy atom. The highest BCUT2D eigenvalue weighted by Gasteiger charge is 2.37. The van der Waals surface area contributed by atoms with Crippen molar-refractivity contribution >= 4 is 43.0 Å². The number of carbonyl (C=O) groups excluding carboxylic acids is 1. The molecule has 2 aliphatic rings. The number of anilines is 2. The second-order valence-corrected chi connectivity index (χ2v) is 9.02. The Hall–Kier alpha value is -2.16. The van der Waals surface area contributed by atoms with Gasteiger partial charge in [0.15, 0.2) is 4.91 Å². The van der Waals surface area contributed by atoms with Crippen molar-refractivity contribution in [2.45, 2.75) is 4.90 Å². The number of hydrogen-bond donors (Lipinski definition) is 0. The van der Waals surface area contributed by atoms with Crippen molar-refractivity contribution in [1.29, 1.82) is 0 Å². The molecule has 8 heteroatoms. The van der Waals surface area contributed by atoms with Crippen molar-refractivity contribution in [3.05, 3.63) is 64.1 Å². The summed E-state index contributed by atoms with van der Waals surface area (Å²) in [6.45, 7) is 1.57. The zero-order valence-electron chi connectivity index (χ0n) is 14.3. The van der Waals surface area contributed by atoms with E-state index in [1.165, 1.54) is 17.2 Å². The van der Waals surface area contributed by atoms with Crippen LogP contribution in [0, 0.1) is 0 Å². The molecular weight excluding hydrogens is 432 g/mol. The van der Waals surface area contributed by atoms with Crippen LogP contribution in [0.15, 0.2) is 69.0 Å². The first-order valence-electron chi connectivity index (χ1n) is 8.46. The van der Waals surface area contributed by atoms with Crippen LogP contribution in [-0.2, 0) is 19.4 Å². The van der Waals surface area contributed by atoms with Gasteiger partial charge in [-0.2, -0.15) is 0 Å². The summed E-state index contributed by atoms with van der Waals surface area (Å²) in [5.74, 6) is -0.493. The summed E-state index contributed by atoms with van der Waals surface area (Å²) in [4.78, 5) is 16.2. The molecule has 0 radical (unpaired) electrons. The first-order valence-corrected chi connectivity index (χ1v) is 10.7. The lowest BCUT2D eigenvalue weighted by molar-refractivity contribution is -0.130. The second-order valence-electron chi connectivity index (χ2n) is 6.22. The molecule has 0 saturated carbocycles. The number of halogens is 1. The molecule has 1 saturated heterocycles. The van der Waals surface area contributed by atoms with Gasteiger partial charge in [-0.05, 0) is 30.3 Å². The lowest BCUT2D eigenvalue weighted by atomic mass is 10.2. The van der Waals surface area contributed by atoms with E-state index in [9.17, 15) is 13.2 Å². The molecular formula is C19H17BrN2O4S. The molecule has 2 heterocycles. The highest BCUT2D eigenvalue weighted by molar-refractivity contribution is 9.10. The fourth-order valence-corrected chi connectivity index (χ4v) is 5.12. The number of carbonyl (C=O) groups is 1. The van der Waals surface area contributed by atoms with Crippen molar-refractivity contribution in [3.8, 4) is 0 Å². The highest BCUT2D eigenvalue weighted by atomic mass is 79.9. The van der Waals surface area contributed by atoms with Gasteiger partial charge < -0.3 is 14.5 Å². The Morgan fingerprint density at radius 1 is 1.04 bits per heavy atom. The Bertz CT molecular complexity index is 1030. The van der Waals surface area contributed by atoms with Crippen LogP contribution in [-0.4, -0.2) is 45.5 Å². The smallest absolute Gasteiger partial charge is 0.267 e. The van der Waals surface area contributed by atoms with Gasteiger partial charge in [0.2, 0.25) is 9.84 Å². The monoisotopic (exact) mass is 448 g/mol. The largest absolute Gasteiger partial charge is 0.378 e. The second kappa shape index (κ2) is 7.10. The van der Waals surface area contributed by atoms with Gasteiger partial charge in [-0.3, -0.25) is 4.79 Å². The molecule has 2 aromatic carbocycles. The van der Waals surface area contributed by atoms with Crippen molar-refractivity contribution in [1.82, 2.24) is 4.90 Å². The average Bonchev–Trinajstić information content (AvgIpc) is 2.68. The van der Waals surface area contributed by atoms with Crippen LogP contribution in [0.5, 0.6) is 0 Å². The van der Waals surface area contributed by atoms with Crippen LogP contribution in [0.25, 0.3) is 0 Å². The first kappa shape index (κ1) is 18.2. The molecule has 0 unspecified atom stereocenters. The van der Waals surface area contributed by atoms with Crippen LogP contribution in [0.1, 0.15) is 0 Å². The summed E-state index contributed by atoms with van der Waals surface area (Å²) >= 11 is 3.44. The van der Waals surface area contributed by atoms with Gasteiger partial charge in [-0.15, -0.1) is 0 Å². The van der Waals surface area contributed by atoms with Crippen LogP contribution >= 0.6 is 15.9 Å². The lowest BCUT2D eigenvalue weighted by Crippen LogP contribution is -2.43. The van der Waals surface area contributed by atoms with E-state index >= 15 is 0 Å². The van der Waals surface area contributed by atoms with Gasteiger partial charge in [0, 0.05) is 29.4 Å². The third-order valence-electron chi connectivity index (χ3n) is 4.55. The van der Waals surface area contributed by atoms with E-state index in [0.717, 1.165) is 10.2 Å². The number of ether oxygens (including phenoxy) is 1. The van der Waals surface area contributed by atoms with Crippen LogP contribution in [0.4, 0.5) is 11.4 Å². The van der Waals surface area contributed by atoms with E-state index in [2.05, 4.69) is 15.9 Å². The van der Waals surface area contributed by atoms with Gasteiger partial charge in [0.05, 0.1) is 23.8 Å². The average molecular weight is 449 g/mol. The SMILES string of the molecule is O=C(C1=CN(c2cccc(Br)c2)c2ccccc2S1(=O)=O)N1CCOCC1. The van der Waals surface area contributed by atoms with E-state index in [4.69, 9.17) is 4.74 Å². The molecule has 1 fully saturated rings. The van der Waals surface area contributed by atoms with Crippen LogP contribution in [0.2, 0.25) is 0 Å². The predicted molar refractivity (Wildman–Crippen MR) is 105 cm³/mol. The van der Waals surface area contributed by atoms with Gasteiger partial charge in [0.1, 0.15) is 0 Å². The Balaban J connectivity index is 1.86. The molecule has 0 bridgehead atoms. The quantitative estimate of drug-likeness (QED) is 0.705. The zero-order chi connectivity index (χ0) is 19.0. The molecule has 6 nitrogen and oxygen atoms in total. The fraction of sp³-hybridized carbons (Fsp3) is 0.211. The molecule has 140 valence electrons. The number of para-hydroxylation sites is 1. The fourth-order valence-electron chi connectivity index (χ4n) is 3.19. The summed E-state index contributed by atoms with van der Waals surface area (Å²) in [6, 6.07) is 14.2. The van der Waals surface area contributed by atoms with Crippen LogP contribution < -0.4 is 4.90 Å². The van der Waals surface area contributed by atoms with E-state index in [1.54, 1.807) is 23.1 Å². The van der Waals surface area contributed by atoms with E-state index in [1.807, 2.05) is 24.3 Å². The number of rotatable bonds is 2. The number of amides is 1. The maximum atomic E-state index is 13.1. The van der Waals surface area contributed by atoms with Gasteiger partial charge in [0.25, 0.3) is 5.91 Å². The molecule has 2 aliphatic heterocycles. The molecule has 2 aromatic rings. The number of fused-ring (bicyclic) bond motifs is 1. The summed E-state index contributed by atoms with van der Waals surface area (Å²) in [7, 11) is -3.91. The van der Waals surface area contributed by atoms with Crippen molar-refractivity contribution in [2.24, 2.45) is 0 Å². The van der Waals surface area contributed by atoms with Gasteiger partial charge >= 0.3 is 0 Å². The minimum Gasteiger partial charge on any atom is -0.378 e. The first-order chi connectivity index (χ1) is 13.0. The zero-order valence-corrected chi connectivity index (χ0v) is 16.7. The van der Waals surface area contributed by atoms with E-state index in [0.29, 0.717) is 32.0 Å². The van der Waals surface area contributed by atoms with Crippen molar-refractivity contribution < 1.29 is 17.9 Å². The van der Waals surface area contributed by atoms with Crippen molar-refractivity contribution in [3.63, 3.8) is 0 Å². The summed E-state index contributed by atoms with van der Waals surface area (Å²) in [5, 5.41) is 0. The number of hydrogen-bond acceptors (Lipinski definition) is 5. The number of morpholine rings is 1. The number of nitrogens with zero attached hydrogens (tertiary/aromatic N) is 2. The Kier molecular flexibility index (Phi) is 4.79. The van der Waals surface area contributed by atoms with Gasteiger partial charge in [-0.25, -0.2) is 8.42 Å². The molecule has 0 N–H and O–H groups in total. The van der Waals surface area contributed by atoms with Gasteiger partial charge in [-0.1, -0.05) is 34.1 Å². The molecule has 0 aliphatic carbocycles. The number of benzene rings is 2. The lowest BCUT2D eigenvalue weighted by Gasteiger charge is -2.32. The molecule has 4 rings (SSSR count). The van der Waals surface area contributed by atoms with Crippen LogP contribution in [0.3, 0.4) is 0 Å². The molecule has 27 heavy (non-hydrogen) atoms. The number of sulfone groups is 1. The Morgan fingerprint density at radius 3 is 2.52 bits per heavy atom. The highest BCUT2D eigenvalue weighted by Crippen LogP contribution is 2.40. The Labute approximate surface area is 166 Å². The third kappa shape index (κ3) is 3.28. The summed E-state index contributed by atoms with van der Waals surface area (Å²) in [6.07, 6.45) is 1.43. The maximum Gasteiger partial charge on any atom is 0.267 e. The normalized spacial score (nSPS) is 18.6. The van der Waals surface area contributed by atoms with E-state index < -0.39 is 15.7 Å². The standard InChI is InChI=1S/C19H17BrN2O4S/c20-14-4-3-5-15(12-14)22-13-18(19(23)21-8-10-26-11-9-21)27(24,25)17-7-2-1-6-16(17)22/h1-7,12-13H,8-11H2. The molecule has 0 aromatic heterocycles. The molecule has 0 spiro atoms. The topological polar surface area (TPSA) is 66.9 Å². The maximum absolute atomic E-state index is 13.1. The predicted octanol–water partition coefficient (Wildman–Crippen LogP) is 3.07. The van der Waals surface area contributed by atoms with E-state index in [-0.39, 0.29) is 9.80 Å². The molecule has 1 amide bonds. The summed E-state index contributed by atoms with van der Waals surface area (Å²) < 4.78 is 32.4. The third-order valence-corrected chi connectivity index (χ3v) is 6.82.